The van der Waals surface area contributed by atoms with Crippen molar-refractivity contribution in [3.8, 4) is 0 Å². The highest BCUT2D eigenvalue weighted by Crippen LogP contribution is 2.27. The van der Waals surface area contributed by atoms with Crippen LogP contribution >= 0.6 is 22.9 Å². The van der Waals surface area contributed by atoms with Crippen LogP contribution in [0, 0.1) is 5.82 Å². The van der Waals surface area contributed by atoms with Crippen molar-refractivity contribution in [2.24, 2.45) is 0 Å². The second-order valence-corrected chi connectivity index (χ2v) is 9.73. The number of benzene rings is 2. The molecule has 2 aromatic carbocycles. The summed E-state index contributed by atoms with van der Waals surface area (Å²) in [5.41, 5.74) is 0.504. The van der Waals surface area contributed by atoms with Crippen molar-refractivity contribution >= 4 is 55.7 Å². The van der Waals surface area contributed by atoms with E-state index < -0.39 is 21.8 Å². The predicted molar refractivity (Wildman–Crippen MR) is 119 cm³/mol. The van der Waals surface area contributed by atoms with Gasteiger partial charge in [-0.15, -0.1) is 11.3 Å². The van der Waals surface area contributed by atoms with Crippen LogP contribution in [0.3, 0.4) is 0 Å². The van der Waals surface area contributed by atoms with Gasteiger partial charge >= 0.3 is 5.97 Å². The highest BCUT2D eigenvalue weighted by Gasteiger charge is 2.24. The van der Waals surface area contributed by atoms with E-state index in [2.05, 4.69) is 10.3 Å². The molecule has 0 spiro atoms. The molecular formula is C20H17ClFN3O5S2. The lowest BCUT2D eigenvalue weighted by molar-refractivity contribution is -0.114. The number of ether oxygens (including phenoxy) is 1. The number of hydrogen-bond acceptors (Lipinski definition) is 7. The van der Waals surface area contributed by atoms with Crippen LogP contribution in [-0.2, 0) is 26.2 Å². The highest BCUT2D eigenvalue weighted by molar-refractivity contribution is 7.92. The number of anilines is 2. The molecule has 0 fully saturated rings. The zero-order valence-corrected chi connectivity index (χ0v) is 19.2. The third-order valence-corrected chi connectivity index (χ3v) is 7.11. The minimum absolute atomic E-state index is 0.00981. The van der Waals surface area contributed by atoms with Crippen LogP contribution in [0.15, 0.2) is 52.7 Å². The van der Waals surface area contributed by atoms with Gasteiger partial charge in [0.05, 0.1) is 26.9 Å². The summed E-state index contributed by atoms with van der Waals surface area (Å²) in [7, 11) is -2.75. The first-order chi connectivity index (χ1) is 15.1. The maximum absolute atomic E-state index is 13.2. The zero-order chi connectivity index (χ0) is 23.5. The van der Waals surface area contributed by atoms with Crippen molar-refractivity contribution in [1.29, 1.82) is 0 Å². The van der Waals surface area contributed by atoms with Crippen molar-refractivity contribution in [2.75, 3.05) is 16.7 Å². The number of amides is 1. The maximum Gasteiger partial charge on any atom is 0.340 e. The van der Waals surface area contributed by atoms with E-state index in [-0.39, 0.29) is 33.7 Å². The maximum atomic E-state index is 13.2. The van der Waals surface area contributed by atoms with Gasteiger partial charge in [-0.2, -0.15) is 0 Å². The standard InChI is InChI=1S/C20H17ClFN3O5S2/c1-12(26)23-20-24-14(11-31-20)10-30-19(27)17-9-16(7-8-18(17)21)32(28,29)25(2)15-5-3-13(22)4-6-15/h3-9,11H,10H2,1-2H3,(H,23,24,26). The predicted octanol–water partition coefficient (Wildman–Crippen LogP) is 4.08. The molecule has 1 aromatic heterocycles. The van der Waals surface area contributed by atoms with Gasteiger partial charge in [0.1, 0.15) is 12.4 Å². The summed E-state index contributed by atoms with van der Waals surface area (Å²) in [4.78, 5) is 27.5. The Morgan fingerprint density at radius 2 is 1.91 bits per heavy atom. The lowest BCUT2D eigenvalue weighted by atomic mass is 10.2. The van der Waals surface area contributed by atoms with Crippen LogP contribution in [0.4, 0.5) is 15.2 Å². The van der Waals surface area contributed by atoms with Crippen molar-refractivity contribution in [3.63, 3.8) is 0 Å². The molecule has 168 valence electrons. The Labute approximate surface area is 192 Å². The molecule has 12 heteroatoms. The minimum atomic E-state index is -4.06. The van der Waals surface area contributed by atoms with E-state index >= 15 is 0 Å². The van der Waals surface area contributed by atoms with Gasteiger partial charge in [-0.05, 0) is 42.5 Å². The van der Waals surface area contributed by atoms with Gasteiger partial charge in [0.2, 0.25) is 5.91 Å². The van der Waals surface area contributed by atoms with E-state index in [0.717, 1.165) is 22.5 Å². The number of sulfonamides is 1. The van der Waals surface area contributed by atoms with Crippen LogP contribution < -0.4 is 9.62 Å². The molecule has 1 amide bonds. The molecule has 0 aliphatic rings. The minimum Gasteiger partial charge on any atom is -0.456 e. The molecule has 0 atom stereocenters. The van der Waals surface area contributed by atoms with E-state index in [1.807, 2.05) is 0 Å². The summed E-state index contributed by atoms with van der Waals surface area (Å²) in [6, 6.07) is 8.57. The number of halogens is 2. The lowest BCUT2D eigenvalue weighted by Crippen LogP contribution is -2.26. The van der Waals surface area contributed by atoms with E-state index in [1.165, 1.54) is 49.6 Å². The fourth-order valence-electron chi connectivity index (χ4n) is 2.57. The molecule has 1 N–H and O–H groups in total. The summed E-state index contributed by atoms with van der Waals surface area (Å²) in [5, 5.41) is 4.50. The number of rotatable bonds is 7. The normalized spacial score (nSPS) is 11.1. The van der Waals surface area contributed by atoms with Crippen LogP contribution in [0.5, 0.6) is 0 Å². The van der Waals surface area contributed by atoms with Crippen LogP contribution in [0.2, 0.25) is 5.02 Å². The second-order valence-electron chi connectivity index (χ2n) is 6.49. The van der Waals surface area contributed by atoms with Gasteiger partial charge in [-0.25, -0.2) is 22.6 Å². The lowest BCUT2D eigenvalue weighted by Gasteiger charge is -2.20. The molecule has 0 saturated carbocycles. The molecule has 1 heterocycles. The molecule has 0 bridgehead atoms. The Balaban J connectivity index is 1.78. The first kappa shape index (κ1) is 23.6. The number of thiazole rings is 1. The molecule has 0 aliphatic carbocycles. The van der Waals surface area contributed by atoms with Gasteiger partial charge in [-0.3, -0.25) is 9.10 Å². The Morgan fingerprint density at radius 3 is 2.56 bits per heavy atom. The van der Waals surface area contributed by atoms with Crippen LogP contribution in [0.25, 0.3) is 0 Å². The number of nitrogens with zero attached hydrogens (tertiary/aromatic N) is 2. The summed E-state index contributed by atoms with van der Waals surface area (Å²) in [6.07, 6.45) is 0. The third kappa shape index (κ3) is 5.42. The van der Waals surface area contributed by atoms with E-state index in [4.69, 9.17) is 16.3 Å². The zero-order valence-electron chi connectivity index (χ0n) is 16.8. The first-order valence-corrected chi connectivity index (χ1v) is 11.7. The Morgan fingerprint density at radius 1 is 1.22 bits per heavy atom. The summed E-state index contributed by atoms with van der Waals surface area (Å²) in [5.74, 6) is -1.62. The van der Waals surface area contributed by atoms with E-state index in [9.17, 15) is 22.4 Å². The number of nitrogens with one attached hydrogen (secondary N) is 1. The van der Waals surface area contributed by atoms with Gasteiger partial charge in [-0.1, -0.05) is 11.6 Å². The molecule has 0 saturated heterocycles. The second kappa shape index (κ2) is 9.63. The fraction of sp³-hybridized carbons (Fsp3) is 0.150. The molecule has 0 unspecified atom stereocenters. The summed E-state index contributed by atoms with van der Waals surface area (Å²) in [6.45, 7) is 1.15. The van der Waals surface area contributed by atoms with Crippen molar-refractivity contribution in [2.45, 2.75) is 18.4 Å². The quantitative estimate of drug-likeness (QED) is 0.493. The highest BCUT2D eigenvalue weighted by atomic mass is 35.5. The van der Waals surface area contributed by atoms with Gasteiger partial charge < -0.3 is 10.1 Å². The molecule has 32 heavy (non-hydrogen) atoms. The van der Waals surface area contributed by atoms with Crippen LogP contribution in [-0.4, -0.2) is 32.3 Å². The number of aromatic nitrogens is 1. The van der Waals surface area contributed by atoms with E-state index in [0.29, 0.717) is 10.8 Å². The molecule has 0 aliphatic heterocycles. The molecule has 3 aromatic rings. The Kier molecular flexibility index (Phi) is 7.12. The fourth-order valence-corrected chi connectivity index (χ4v) is 4.73. The van der Waals surface area contributed by atoms with Crippen molar-refractivity contribution < 1.29 is 27.1 Å². The average molecular weight is 498 g/mol. The topological polar surface area (TPSA) is 106 Å². The summed E-state index contributed by atoms with van der Waals surface area (Å²) < 4.78 is 45.2. The SMILES string of the molecule is CC(=O)Nc1nc(COC(=O)c2cc(S(=O)(=O)N(C)c3ccc(F)cc3)ccc2Cl)cs1. The van der Waals surface area contributed by atoms with Crippen molar-refractivity contribution in [1.82, 2.24) is 4.98 Å². The summed E-state index contributed by atoms with van der Waals surface area (Å²) >= 11 is 7.25. The molecular weight excluding hydrogens is 481 g/mol. The largest absolute Gasteiger partial charge is 0.456 e. The van der Waals surface area contributed by atoms with E-state index in [1.54, 1.807) is 5.38 Å². The number of hydrogen-bond donors (Lipinski definition) is 1. The average Bonchev–Trinajstić information content (AvgIpc) is 3.18. The number of esters is 1. The Hall–Kier alpha value is -3.02. The van der Waals surface area contributed by atoms with Gasteiger partial charge in [0.25, 0.3) is 10.0 Å². The first-order valence-electron chi connectivity index (χ1n) is 9.01. The van der Waals surface area contributed by atoms with Gasteiger partial charge in [0, 0.05) is 19.4 Å². The molecule has 8 nitrogen and oxygen atoms in total. The van der Waals surface area contributed by atoms with Gasteiger partial charge in [0.15, 0.2) is 5.13 Å². The van der Waals surface area contributed by atoms with Crippen molar-refractivity contribution in [3.05, 3.63) is 69.9 Å². The van der Waals surface area contributed by atoms with Crippen LogP contribution in [0.1, 0.15) is 23.0 Å². The monoisotopic (exact) mass is 497 g/mol. The number of carbonyl (C=O) groups excluding carboxylic acids is 2. The Bertz CT molecular complexity index is 1260. The molecule has 3 rings (SSSR count). The molecule has 0 radical (unpaired) electrons. The smallest absolute Gasteiger partial charge is 0.340 e. The third-order valence-electron chi connectivity index (χ3n) is 4.19. The number of carbonyl (C=O) groups is 2.